The molecule has 1 aliphatic heterocycles. The third kappa shape index (κ3) is 6.28. The van der Waals surface area contributed by atoms with Crippen molar-refractivity contribution in [2.45, 2.75) is 56.3 Å². The summed E-state index contributed by atoms with van der Waals surface area (Å²) < 4.78 is 21.4. The van der Waals surface area contributed by atoms with E-state index in [1.165, 1.54) is 36.6 Å². The Morgan fingerprint density at radius 3 is 2.55 bits per heavy atom. The van der Waals surface area contributed by atoms with Crippen LogP contribution in [-0.4, -0.2) is 55.4 Å². The van der Waals surface area contributed by atoms with E-state index in [0.29, 0.717) is 29.0 Å². The SMILES string of the molecule is CS(=O)N[C@H]1CCCCC1N1C(=O)c2ccc(O)c(OCc3cccc(C(=O)O)c3)c2[C@@H](C(N)=O)[C@@H]1c1ccc(Cl)cc1Cl. The fourth-order valence-electron chi connectivity index (χ4n) is 6.29. The molecule has 0 spiro atoms. The molecule has 3 aromatic carbocycles. The maximum absolute atomic E-state index is 14.5. The number of phenols is 1. The summed E-state index contributed by atoms with van der Waals surface area (Å²) in [5, 5.41) is 20.9. The second-order valence-corrected chi connectivity index (χ2v) is 12.9. The number of aromatic carboxylic acids is 1. The molecule has 5 rings (SSSR count). The largest absolute Gasteiger partial charge is 0.504 e. The molecule has 1 saturated carbocycles. The Hall–Kier alpha value is -3.64. The summed E-state index contributed by atoms with van der Waals surface area (Å²) in [6, 6.07) is 11.8. The van der Waals surface area contributed by atoms with Crippen LogP contribution in [0.15, 0.2) is 54.6 Å². The fraction of sp³-hybridized carbons (Fsp3) is 0.323. The van der Waals surface area contributed by atoms with Crippen LogP contribution in [0.2, 0.25) is 10.0 Å². The number of carbonyl (C=O) groups is 3. The molecule has 0 saturated heterocycles. The second-order valence-electron chi connectivity index (χ2n) is 10.9. The predicted octanol–water partition coefficient (Wildman–Crippen LogP) is 4.94. The van der Waals surface area contributed by atoms with Crippen molar-refractivity contribution in [3.8, 4) is 11.5 Å². The number of primary amides is 1. The number of nitrogens with zero attached hydrogens (tertiary/aromatic N) is 1. The molecule has 5 atom stereocenters. The van der Waals surface area contributed by atoms with Gasteiger partial charge in [-0.15, -0.1) is 0 Å². The van der Waals surface area contributed by atoms with E-state index < -0.39 is 46.8 Å². The van der Waals surface area contributed by atoms with Gasteiger partial charge < -0.3 is 25.6 Å². The predicted molar refractivity (Wildman–Crippen MR) is 166 cm³/mol. The van der Waals surface area contributed by atoms with Gasteiger partial charge >= 0.3 is 5.97 Å². The molecule has 0 radical (unpaired) electrons. The highest BCUT2D eigenvalue weighted by atomic mass is 35.5. The number of ether oxygens (including phenoxy) is 1. The topological polar surface area (TPSA) is 159 Å². The van der Waals surface area contributed by atoms with Crippen molar-refractivity contribution in [1.82, 2.24) is 9.62 Å². The number of hydrogen-bond donors (Lipinski definition) is 4. The van der Waals surface area contributed by atoms with Gasteiger partial charge in [0.1, 0.15) is 6.61 Å². The van der Waals surface area contributed by atoms with Gasteiger partial charge in [0.05, 0.1) is 28.5 Å². The minimum atomic E-state index is -1.37. The molecular formula is C31H31Cl2N3O7S. The summed E-state index contributed by atoms with van der Waals surface area (Å²) in [4.78, 5) is 41.1. The number of rotatable bonds is 9. The van der Waals surface area contributed by atoms with Crippen LogP contribution < -0.4 is 15.2 Å². The van der Waals surface area contributed by atoms with Crippen molar-refractivity contribution in [3.63, 3.8) is 0 Å². The maximum atomic E-state index is 14.5. The monoisotopic (exact) mass is 659 g/mol. The summed E-state index contributed by atoms with van der Waals surface area (Å²) in [7, 11) is -1.37. The molecule has 1 aliphatic carbocycles. The molecular weight excluding hydrogens is 629 g/mol. The number of phenolic OH excluding ortho intramolecular Hbond substituents is 1. The van der Waals surface area contributed by atoms with Crippen LogP contribution in [-0.2, 0) is 22.4 Å². The van der Waals surface area contributed by atoms with Crippen LogP contribution >= 0.6 is 23.2 Å². The number of carbonyl (C=O) groups excluding carboxylic acids is 2. The molecule has 44 heavy (non-hydrogen) atoms. The zero-order valence-corrected chi connectivity index (χ0v) is 26.0. The van der Waals surface area contributed by atoms with E-state index in [1.807, 2.05) is 0 Å². The normalized spacial score (nSPS) is 22.2. The van der Waals surface area contributed by atoms with E-state index in [9.17, 15) is 28.8 Å². The Kier molecular flexibility index (Phi) is 9.50. The summed E-state index contributed by atoms with van der Waals surface area (Å²) in [6.07, 6.45) is 4.42. The Morgan fingerprint density at radius 1 is 1.11 bits per heavy atom. The quantitative estimate of drug-likeness (QED) is 0.253. The zero-order chi connectivity index (χ0) is 31.7. The molecule has 0 bridgehead atoms. The smallest absolute Gasteiger partial charge is 0.335 e. The number of aromatic hydroxyl groups is 1. The molecule has 2 unspecified atom stereocenters. The summed E-state index contributed by atoms with van der Waals surface area (Å²) >= 11 is 12.9. The van der Waals surface area contributed by atoms with Gasteiger partial charge in [-0.1, -0.05) is 54.2 Å². The van der Waals surface area contributed by atoms with Crippen molar-refractivity contribution < 1.29 is 33.5 Å². The Morgan fingerprint density at radius 2 is 1.86 bits per heavy atom. The number of carboxylic acids is 1. The Bertz CT molecular complexity index is 1650. The standard InChI is InChI=1S/C31H31Cl2N3O7S/c1-44(42)35-22-7-2-3-8-23(22)36-27(19-10-9-18(32)14-21(19)33)26(29(34)38)25-20(30(36)39)11-12-24(37)28(25)43-15-16-5-4-6-17(13-16)31(40)41/h4-6,9-14,22-23,26-27,35,37H,2-3,7-8,15H2,1H3,(H2,34,38)(H,40,41)/t22-,23?,26+,27-,44?/m0/s1. The van der Waals surface area contributed by atoms with E-state index in [4.69, 9.17) is 33.7 Å². The molecule has 3 aromatic rings. The van der Waals surface area contributed by atoms with Gasteiger partial charge in [-0.05, 0) is 60.4 Å². The van der Waals surface area contributed by atoms with Crippen LogP contribution in [0.3, 0.4) is 0 Å². The molecule has 5 N–H and O–H groups in total. The average molecular weight is 661 g/mol. The fourth-order valence-corrected chi connectivity index (χ4v) is 7.51. The first-order valence-corrected chi connectivity index (χ1v) is 16.3. The van der Waals surface area contributed by atoms with Crippen molar-refractivity contribution in [1.29, 1.82) is 0 Å². The van der Waals surface area contributed by atoms with Gasteiger partial charge in [0.25, 0.3) is 5.91 Å². The number of hydrogen-bond acceptors (Lipinski definition) is 6. The van der Waals surface area contributed by atoms with E-state index in [0.717, 1.165) is 12.8 Å². The maximum Gasteiger partial charge on any atom is 0.335 e. The highest BCUT2D eigenvalue weighted by Crippen LogP contribution is 2.52. The minimum Gasteiger partial charge on any atom is -0.504 e. The molecule has 232 valence electrons. The van der Waals surface area contributed by atoms with E-state index in [2.05, 4.69) is 4.72 Å². The lowest BCUT2D eigenvalue weighted by Crippen LogP contribution is -2.58. The Labute approximate surface area is 266 Å². The van der Waals surface area contributed by atoms with E-state index in [-0.39, 0.29) is 45.9 Å². The average Bonchev–Trinajstić information content (AvgIpc) is 2.97. The number of carboxylic acid groups (broad SMARTS) is 1. The first-order chi connectivity index (χ1) is 21.0. The Balaban J connectivity index is 1.68. The van der Waals surface area contributed by atoms with Gasteiger partial charge in [-0.2, -0.15) is 0 Å². The third-order valence-electron chi connectivity index (χ3n) is 8.12. The van der Waals surface area contributed by atoms with Crippen LogP contribution in [0.25, 0.3) is 0 Å². The number of amides is 2. The molecule has 2 amide bonds. The highest BCUT2D eigenvalue weighted by molar-refractivity contribution is 7.82. The number of halogens is 2. The first kappa shape index (κ1) is 31.8. The van der Waals surface area contributed by atoms with Crippen molar-refractivity contribution in [2.24, 2.45) is 5.73 Å². The number of nitrogens with one attached hydrogen (secondary N) is 1. The van der Waals surface area contributed by atoms with Crippen LogP contribution in [0.4, 0.5) is 0 Å². The number of nitrogens with two attached hydrogens (primary N) is 1. The van der Waals surface area contributed by atoms with Crippen LogP contribution in [0, 0.1) is 0 Å². The number of fused-ring (bicyclic) bond motifs is 1. The number of benzene rings is 3. The van der Waals surface area contributed by atoms with Gasteiger partial charge in [-0.3, -0.25) is 9.59 Å². The second kappa shape index (κ2) is 13.2. The third-order valence-corrected chi connectivity index (χ3v) is 9.31. The van der Waals surface area contributed by atoms with Gasteiger partial charge in [0, 0.05) is 39.5 Å². The molecule has 13 heteroatoms. The van der Waals surface area contributed by atoms with Gasteiger partial charge in [0.15, 0.2) is 11.5 Å². The van der Waals surface area contributed by atoms with Crippen LogP contribution in [0.1, 0.15) is 75.0 Å². The summed E-state index contributed by atoms with van der Waals surface area (Å²) in [5.41, 5.74) is 7.28. The lowest BCUT2D eigenvalue weighted by Gasteiger charge is -2.49. The van der Waals surface area contributed by atoms with E-state index >= 15 is 0 Å². The van der Waals surface area contributed by atoms with Crippen LogP contribution in [0.5, 0.6) is 11.5 Å². The van der Waals surface area contributed by atoms with Gasteiger partial charge in [0.2, 0.25) is 5.91 Å². The lowest BCUT2D eigenvalue weighted by molar-refractivity contribution is -0.121. The molecule has 0 aromatic heterocycles. The molecule has 1 heterocycles. The first-order valence-electron chi connectivity index (χ1n) is 13.9. The van der Waals surface area contributed by atoms with Crippen molar-refractivity contribution in [2.75, 3.05) is 6.26 Å². The van der Waals surface area contributed by atoms with E-state index in [1.54, 1.807) is 29.2 Å². The summed E-state index contributed by atoms with van der Waals surface area (Å²) in [5.74, 6) is -4.01. The van der Waals surface area contributed by atoms with Gasteiger partial charge in [-0.25, -0.2) is 13.7 Å². The summed E-state index contributed by atoms with van der Waals surface area (Å²) in [6.45, 7) is -0.169. The minimum absolute atomic E-state index is 0.0485. The molecule has 10 nitrogen and oxygen atoms in total. The lowest BCUT2D eigenvalue weighted by atomic mass is 9.76. The zero-order valence-electron chi connectivity index (χ0n) is 23.7. The molecule has 2 aliphatic rings. The van der Waals surface area contributed by atoms with Crippen molar-refractivity contribution in [3.05, 3.63) is 92.5 Å². The van der Waals surface area contributed by atoms with Crippen molar-refractivity contribution >= 4 is 52.0 Å². The molecule has 1 fully saturated rings. The highest BCUT2D eigenvalue weighted by Gasteiger charge is 2.50.